The molecule has 1 saturated heterocycles. The van der Waals surface area contributed by atoms with E-state index >= 15 is 0 Å². The molecule has 2 N–H and O–H groups in total. The van der Waals surface area contributed by atoms with E-state index in [0.717, 1.165) is 37.5 Å². The largest absolute Gasteiger partial charge is 0.397 e. The normalized spacial score (nSPS) is 20.1. The summed E-state index contributed by atoms with van der Waals surface area (Å²) in [5.41, 5.74) is 7.28. The quantitative estimate of drug-likeness (QED) is 0.926. The molecule has 4 nitrogen and oxygen atoms in total. The van der Waals surface area contributed by atoms with Gasteiger partial charge in [-0.25, -0.2) is 0 Å². The minimum absolute atomic E-state index is 0.129. The molecule has 0 bridgehead atoms. The van der Waals surface area contributed by atoms with Crippen LogP contribution in [0.5, 0.6) is 0 Å². The fraction of sp³-hybridized carbons (Fsp3) is 0.706. The van der Waals surface area contributed by atoms with E-state index in [1.54, 1.807) is 0 Å². The highest BCUT2D eigenvalue weighted by Crippen LogP contribution is 2.26. The van der Waals surface area contributed by atoms with Crippen molar-refractivity contribution in [2.75, 3.05) is 18.8 Å². The number of nitrogen functional groups attached to an aromatic ring is 1. The molecule has 1 aliphatic heterocycles. The highest BCUT2D eigenvalue weighted by molar-refractivity contribution is 5.94. The first-order chi connectivity index (χ1) is 9.90. The maximum Gasteiger partial charge on any atom is 0.270 e. The third kappa shape index (κ3) is 3.60. The number of carbonyl (C=O) groups is 1. The molecule has 0 spiro atoms. The summed E-state index contributed by atoms with van der Waals surface area (Å²) in [4.78, 5) is 14.8. The average Bonchev–Trinajstić information content (AvgIpc) is 2.66. The Hall–Kier alpha value is -1.45. The summed E-state index contributed by atoms with van der Waals surface area (Å²) in [6, 6.07) is 2.06. The van der Waals surface area contributed by atoms with Crippen LogP contribution >= 0.6 is 0 Å². The Morgan fingerprint density at radius 3 is 2.57 bits per heavy atom. The molecule has 1 atom stereocenters. The Morgan fingerprint density at radius 1 is 1.24 bits per heavy atom. The zero-order chi connectivity index (χ0) is 15.6. The van der Waals surface area contributed by atoms with E-state index < -0.39 is 0 Å². The van der Waals surface area contributed by atoms with Gasteiger partial charge in [-0.3, -0.25) is 4.79 Å². The van der Waals surface area contributed by atoms with E-state index in [4.69, 9.17) is 5.73 Å². The predicted molar refractivity (Wildman–Crippen MR) is 87.3 cm³/mol. The summed E-state index contributed by atoms with van der Waals surface area (Å²) in [7, 11) is 0. The van der Waals surface area contributed by atoms with Gasteiger partial charge in [0.05, 0.1) is 5.69 Å². The van der Waals surface area contributed by atoms with Crippen LogP contribution < -0.4 is 5.73 Å². The zero-order valence-electron chi connectivity index (χ0n) is 13.8. The van der Waals surface area contributed by atoms with Crippen LogP contribution in [0, 0.1) is 11.8 Å². The second-order valence-corrected chi connectivity index (χ2v) is 6.89. The van der Waals surface area contributed by atoms with Gasteiger partial charge in [0, 0.05) is 25.3 Å². The van der Waals surface area contributed by atoms with Gasteiger partial charge in [-0.1, -0.05) is 13.8 Å². The molecule has 1 aromatic rings. The van der Waals surface area contributed by atoms with Crippen LogP contribution in [0.25, 0.3) is 0 Å². The maximum atomic E-state index is 12.8. The van der Waals surface area contributed by atoms with Crippen molar-refractivity contribution in [2.45, 2.75) is 53.0 Å². The molecule has 0 saturated carbocycles. The molecule has 2 heterocycles. The number of anilines is 1. The number of carbonyl (C=O) groups excluding carboxylic acids is 1. The highest BCUT2D eigenvalue weighted by Gasteiger charge is 2.25. The molecule has 0 radical (unpaired) electrons. The van der Waals surface area contributed by atoms with Crippen molar-refractivity contribution in [3.05, 3.63) is 18.0 Å². The fourth-order valence-electron chi connectivity index (χ4n) is 3.25. The summed E-state index contributed by atoms with van der Waals surface area (Å²) in [5.74, 6) is 1.57. The Kier molecular flexibility index (Phi) is 4.96. The van der Waals surface area contributed by atoms with E-state index in [-0.39, 0.29) is 11.9 Å². The number of amides is 1. The maximum absolute atomic E-state index is 12.8. The minimum atomic E-state index is 0.129. The van der Waals surface area contributed by atoms with E-state index in [1.165, 1.54) is 6.42 Å². The van der Waals surface area contributed by atoms with Gasteiger partial charge in [0.1, 0.15) is 5.69 Å². The number of hydrogen-bond donors (Lipinski definition) is 1. The monoisotopic (exact) mass is 291 g/mol. The van der Waals surface area contributed by atoms with Crippen LogP contribution in [-0.2, 0) is 0 Å². The number of hydrogen-bond acceptors (Lipinski definition) is 2. The van der Waals surface area contributed by atoms with Gasteiger partial charge < -0.3 is 15.2 Å². The first-order valence-corrected chi connectivity index (χ1v) is 8.16. The molecular formula is C17H29N3O. The van der Waals surface area contributed by atoms with Gasteiger partial charge in [-0.05, 0) is 51.0 Å². The summed E-state index contributed by atoms with van der Waals surface area (Å²) >= 11 is 0. The average molecular weight is 291 g/mol. The standard InChI is InChI=1S/C17H29N3O/c1-12(2)14-6-5-8-19(9-7-14)17(21)16-10-15(18)11-20(16)13(3)4/h10-14H,5-9,18H2,1-4H3. The first kappa shape index (κ1) is 15.9. The molecule has 2 rings (SSSR count). The molecule has 4 heteroatoms. The smallest absolute Gasteiger partial charge is 0.270 e. The van der Waals surface area contributed by atoms with Gasteiger partial charge in [0.15, 0.2) is 0 Å². The van der Waals surface area contributed by atoms with Crippen molar-refractivity contribution in [3.8, 4) is 0 Å². The topological polar surface area (TPSA) is 51.3 Å². The van der Waals surface area contributed by atoms with Crippen molar-refractivity contribution >= 4 is 11.6 Å². The van der Waals surface area contributed by atoms with Gasteiger partial charge in [0.25, 0.3) is 5.91 Å². The molecular weight excluding hydrogens is 262 g/mol. The van der Waals surface area contributed by atoms with Crippen molar-refractivity contribution in [1.82, 2.24) is 9.47 Å². The second-order valence-electron chi connectivity index (χ2n) is 6.89. The van der Waals surface area contributed by atoms with Crippen LogP contribution in [0.1, 0.15) is 63.5 Å². The Bertz CT molecular complexity index is 490. The lowest BCUT2D eigenvalue weighted by Crippen LogP contribution is -2.33. The second kappa shape index (κ2) is 6.54. The van der Waals surface area contributed by atoms with Crippen molar-refractivity contribution in [2.24, 2.45) is 11.8 Å². The summed E-state index contributed by atoms with van der Waals surface area (Å²) in [6.07, 6.45) is 5.31. The molecule has 1 unspecified atom stereocenters. The molecule has 118 valence electrons. The molecule has 1 amide bonds. The lowest BCUT2D eigenvalue weighted by molar-refractivity contribution is 0.0746. The SMILES string of the molecule is CC(C)C1CCCN(C(=O)c2cc(N)cn2C(C)C)CC1. The molecule has 0 aliphatic carbocycles. The van der Waals surface area contributed by atoms with Crippen molar-refractivity contribution < 1.29 is 4.79 Å². The number of likely N-dealkylation sites (tertiary alicyclic amines) is 1. The van der Waals surface area contributed by atoms with Crippen molar-refractivity contribution in [3.63, 3.8) is 0 Å². The molecule has 1 aromatic heterocycles. The summed E-state index contributed by atoms with van der Waals surface area (Å²) in [5, 5.41) is 0. The van der Waals surface area contributed by atoms with Crippen LogP contribution in [0.2, 0.25) is 0 Å². The highest BCUT2D eigenvalue weighted by atomic mass is 16.2. The summed E-state index contributed by atoms with van der Waals surface area (Å²) in [6.45, 7) is 10.5. The van der Waals surface area contributed by atoms with Gasteiger partial charge in [-0.15, -0.1) is 0 Å². The van der Waals surface area contributed by atoms with Crippen LogP contribution in [0.3, 0.4) is 0 Å². The fourth-order valence-corrected chi connectivity index (χ4v) is 3.25. The van der Waals surface area contributed by atoms with Gasteiger partial charge in [0.2, 0.25) is 0 Å². The number of aromatic nitrogens is 1. The Morgan fingerprint density at radius 2 is 1.95 bits per heavy atom. The third-order valence-electron chi connectivity index (χ3n) is 4.65. The lowest BCUT2D eigenvalue weighted by Gasteiger charge is -2.23. The molecule has 1 fully saturated rings. The number of nitrogens with zero attached hydrogens (tertiary/aromatic N) is 2. The first-order valence-electron chi connectivity index (χ1n) is 8.16. The van der Waals surface area contributed by atoms with Gasteiger partial charge in [-0.2, -0.15) is 0 Å². The Labute approximate surface area is 128 Å². The van der Waals surface area contributed by atoms with Crippen LogP contribution in [-0.4, -0.2) is 28.5 Å². The summed E-state index contributed by atoms with van der Waals surface area (Å²) < 4.78 is 1.99. The minimum Gasteiger partial charge on any atom is -0.397 e. The van der Waals surface area contributed by atoms with E-state index in [1.807, 2.05) is 21.7 Å². The van der Waals surface area contributed by atoms with E-state index in [0.29, 0.717) is 11.6 Å². The number of rotatable bonds is 3. The third-order valence-corrected chi connectivity index (χ3v) is 4.65. The molecule has 21 heavy (non-hydrogen) atoms. The Balaban J connectivity index is 2.13. The van der Waals surface area contributed by atoms with E-state index in [2.05, 4.69) is 27.7 Å². The molecule has 1 aliphatic rings. The van der Waals surface area contributed by atoms with Gasteiger partial charge >= 0.3 is 0 Å². The molecule has 0 aromatic carbocycles. The van der Waals surface area contributed by atoms with Crippen LogP contribution in [0.4, 0.5) is 5.69 Å². The van der Waals surface area contributed by atoms with Crippen molar-refractivity contribution in [1.29, 1.82) is 0 Å². The zero-order valence-corrected chi connectivity index (χ0v) is 13.8. The lowest BCUT2D eigenvalue weighted by atomic mass is 9.89. The predicted octanol–water partition coefficient (Wildman–Crippen LogP) is 3.55. The number of nitrogens with two attached hydrogens (primary N) is 1. The van der Waals surface area contributed by atoms with E-state index in [9.17, 15) is 4.79 Å². The van der Waals surface area contributed by atoms with Crippen LogP contribution in [0.15, 0.2) is 12.3 Å².